The number of aromatic nitrogens is 6. The van der Waals surface area contributed by atoms with E-state index in [0.717, 1.165) is 111 Å². The number of hydrogen-bond donors (Lipinski definition) is 6. The smallest absolute Gasteiger partial charge is 0.236 e. The van der Waals surface area contributed by atoms with Gasteiger partial charge in [0.2, 0.25) is 11.5 Å². The molecule has 0 saturated heterocycles. The molecule has 14 rings (SSSR count). The molecule has 1 unspecified atom stereocenters. The largest absolute Gasteiger partial charge is 0.464 e. The van der Waals surface area contributed by atoms with Crippen LogP contribution < -0.4 is 10.2 Å². The normalized spacial score (nSPS) is 15.0. The topological polar surface area (TPSA) is 133 Å². The Kier molecular flexibility index (Phi) is 7.10. The Balaban J connectivity index is 1.23. The number of aromatic amines is 5. The molecule has 10 nitrogen and oxygen atoms in total. The summed E-state index contributed by atoms with van der Waals surface area (Å²) in [6, 6.07) is 55.0. The molecule has 0 radical (unpaired) electrons. The maximum Gasteiger partial charge on any atom is 0.236 e. The third-order valence-electron chi connectivity index (χ3n) is 12.9. The van der Waals surface area contributed by atoms with E-state index in [-0.39, 0.29) is 0 Å². The molecular weight excluding hydrogens is 793 g/mol. The molecule has 6 aromatic carbocycles. The van der Waals surface area contributed by atoms with Crippen LogP contribution in [0, 0.1) is 0 Å². The van der Waals surface area contributed by atoms with Gasteiger partial charge in [0.1, 0.15) is 5.58 Å². The fourth-order valence-corrected chi connectivity index (χ4v) is 10.2. The Hall–Kier alpha value is -8.89. The number of rotatable bonds is 7. The van der Waals surface area contributed by atoms with Gasteiger partial charge in [-0.1, -0.05) is 91.0 Å². The average Bonchev–Trinajstić information content (AvgIpc) is 4.17. The van der Waals surface area contributed by atoms with Gasteiger partial charge >= 0.3 is 0 Å². The van der Waals surface area contributed by atoms with Crippen LogP contribution in [0.15, 0.2) is 191 Å². The summed E-state index contributed by atoms with van der Waals surface area (Å²) in [5, 5.41) is 10.7. The molecule has 0 saturated carbocycles. The summed E-state index contributed by atoms with van der Waals surface area (Å²) in [7, 11) is 0. The Morgan fingerprint density at radius 3 is 1.91 bits per heavy atom. The summed E-state index contributed by atoms with van der Waals surface area (Å²) < 4.78 is 13.5. The molecule has 8 heterocycles. The Morgan fingerprint density at radius 1 is 0.516 bits per heavy atom. The number of nitrogens with zero attached hydrogens (tertiary/aromatic N) is 2. The summed E-state index contributed by atoms with van der Waals surface area (Å²) in [4.78, 5) is 26.2. The number of para-hydroxylation sites is 3. The second kappa shape index (κ2) is 13.1. The van der Waals surface area contributed by atoms with Gasteiger partial charge in [0.05, 0.1) is 23.2 Å². The molecule has 304 valence electrons. The van der Waals surface area contributed by atoms with Crippen LogP contribution in [0.3, 0.4) is 0 Å². The van der Waals surface area contributed by atoms with Gasteiger partial charge in [-0.15, -0.1) is 0 Å². The van der Waals surface area contributed by atoms with E-state index in [0.29, 0.717) is 17.5 Å². The predicted octanol–water partition coefficient (Wildman–Crippen LogP) is 13.8. The lowest BCUT2D eigenvalue weighted by atomic mass is 9.86. The van der Waals surface area contributed by atoms with Gasteiger partial charge in [0.15, 0.2) is 11.6 Å². The fraction of sp³-hybridized carbons (Fsp3) is 0.0185. The molecule has 1 atom stereocenters. The molecule has 0 fully saturated rings. The number of benzene rings is 6. The van der Waals surface area contributed by atoms with Crippen molar-refractivity contribution in [2.75, 3.05) is 10.2 Å². The molecule has 0 aliphatic carbocycles. The van der Waals surface area contributed by atoms with E-state index in [1.165, 1.54) is 0 Å². The highest BCUT2D eigenvalue weighted by atomic mass is 16.4. The lowest BCUT2D eigenvalue weighted by Gasteiger charge is -2.35. The van der Waals surface area contributed by atoms with E-state index < -0.39 is 5.66 Å². The standard InChI is InChI=1S/C54H36N8O2/c1-5-15-36-31(11-1)21-22-35-29-42(60-50(35)36)48-46(40-27-32-12-2-6-16-37(32)58-40)47(41-28-33-13-3-7-17-38(33)59-41)49(39-18-9-23-55-39)52-51(48)61-54(44-20-10-26-63-44,53-56-24-25-57-53)62(52)45-30-34-14-4-8-19-43(34)64-45/h1-30,55,58-61H,(H,56,57). The zero-order valence-corrected chi connectivity index (χ0v) is 34.0. The number of fused-ring (bicyclic) bond motifs is 7. The maximum absolute atomic E-state index is 6.99. The number of furan rings is 2. The molecular formula is C54H36N8O2. The zero-order valence-electron chi connectivity index (χ0n) is 34.0. The highest BCUT2D eigenvalue weighted by Crippen LogP contribution is 2.63. The number of H-pyrrole nitrogens is 5. The minimum Gasteiger partial charge on any atom is -0.464 e. The van der Waals surface area contributed by atoms with E-state index in [4.69, 9.17) is 13.8 Å². The summed E-state index contributed by atoms with van der Waals surface area (Å²) in [5.74, 6) is 1.83. The van der Waals surface area contributed by atoms with Crippen LogP contribution in [-0.2, 0) is 5.66 Å². The monoisotopic (exact) mass is 828 g/mol. The minimum absolute atomic E-state index is 0.600. The first kappa shape index (κ1) is 34.8. The predicted molar refractivity (Wildman–Crippen MR) is 256 cm³/mol. The highest BCUT2D eigenvalue weighted by molar-refractivity contribution is 6.17. The minimum atomic E-state index is -1.28. The maximum atomic E-state index is 6.99. The average molecular weight is 829 g/mol. The Labute approximate surface area is 364 Å². The van der Waals surface area contributed by atoms with Crippen molar-refractivity contribution in [1.82, 2.24) is 29.9 Å². The van der Waals surface area contributed by atoms with Gasteiger partial charge in [-0.05, 0) is 66.0 Å². The number of nitrogens with one attached hydrogen (secondary N) is 6. The van der Waals surface area contributed by atoms with Crippen LogP contribution in [-0.4, -0.2) is 29.9 Å². The van der Waals surface area contributed by atoms with Crippen LogP contribution in [0.4, 0.5) is 17.3 Å². The quantitative estimate of drug-likeness (QED) is 0.0951. The molecule has 0 spiro atoms. The third-order valence-corrected chi connectivity index (χ3v) is 12.9. The van der Waals surface area contributed by atoms with Crippen LogP contribution in [0.5, 0.6) is 0 Å². The van der Waals surface area contributed by atoms with E-state index in [1.807, 2.05) is 42.7 Å². The molecule has 1 aliphatic rings. The zero-order chi connectivity index (χ0) is 41.9. The number of hydrogen-bond acceptors (Lipinski definition) is 5. The number of imidazole rings is 1. The highest BCUT2D eigenvalue weighted by Gasteiger charge is 2.56. The van der Waals surface area contributed by atoms with Gasteiger partial charge in [-0.25, -0.2) is 4.98 Å². The lowest BCUT2D eigenvalue weighted by Crippen LogP contribution is -2.47. The van der Waals surface area contributed by atoms with Crippen molar-refractivity contribution in [3.8, 4) is 45.0 Å². The van der Waals surface area contributed by atoms with Crippen molar-refractivity contribution >= 4 is 71.7 Å². The van der Waals surface area contributed by atoms with E-state index in [1.54, 1.807) is 12.5 Å². The molecule has 10 heteroatoms. The van der Waals surface area contributed by atoms with Crippen LogP contribution in [0.2, 0.25) is 0 Å². The lowest BCUT2D eigenvalue weighted by molar-refractivity contribution is 0.404. The molecule has 0 bridgehead atoms. The molecule has 6 N–H and O–H groups in total. The molecule has 1 aliphatic heterocycles. The van der Waals surface area contributed by atoms with E-state index >= 15 is 0 Å². The van der Waals surface area contributed by atoms with Gasteiger partial charge in [-0.2, -0.15) is 0 Å². The van der Waals surface area contributed by atoms with Crippen molar-refractivity contribution < 1.29 is 8.83 Å². The first-order valence-corrected chi connectivity index (χ1v) is 21.4. The molecule has 64 heavy (non-hydrogen) atoms. The second-order valence-electron chi connectivity index (χ2n) is 16.5. The SMILES string of the molecule is c1c[nH]c(-c2c(-c3cc4ccccc4[nH]3)c(-c3cc4ccccc4[nH]3)c(-c3cc4ccc5ccccc5c4[nH]3)c3c2N(c2cc4ccccc4o2)C(c2ncc[nH]2)(c2ccco2)N3)c1. The van der Waals surface area contributed by atoms with E-state index in [2.05, 4.69) is 163 Å². The summed E-state index contributed by atoms with van der Waals surface area (Å²) in [6.45, 7) is 0. The van der Waals surface area contributed by atoms with Crippen molar-refractivity contribution in [2.45, 2.75) is 5.66 Å². The molecule has 0 amide bonds. The van der Waals surface area contributed by atoms with Crippen molar-refractivity contribution in [1.29, 1.82) is 0 Å². The molecule has 7 aromatic heterocycles. The Morgan fingerprint density at radius 2 is 1.20 bits per heavy atom. The van der Waals surface area contributed by atoms with Crippen LogP contribution in [0.1, 0.15) is 11.6 Å². The summed E-state index contributed by atoms with van der Waals surface area (Å²) in [6.07, 6.45) is 7.32. The van der Waals surface area contributed by atoms with Crippen LogP contribution >= 0.6 is 0 Å². The van der Waals surface area contributed by atoms with E-state index in [9.17, 15) is 0 Å². The second-order valence-corrected chi connectivity index (χ2v) is 16.5. The van der Waals surface area contributed by atoms with Gasteiger partial charge < -0.3 is 39.1 Å². The van der Waals surface area contributed by atoms with Crippen LogP contribution in [0.25, 0.3) is 99.5 Å². The van der Waals surface area contributed by atoms with Gasteiger partial charge in [0.25, 0.3) is 0 Å². The third kappa shape index (κ3) is 4.87. The first-order chi connectivity index (χ1) is 31.7. The first-order valence-electron chi connectivity index (χ1n) is 21.4. The Bertz CT molecular complexity index is 3770. The van der Waals surface area contributed by atoms with Gasteiger partial charge in [-0.3, -0.25) is 4.90 Å². The summed E-state index contributed by atoms with van der Waals surface area (Å²) >= 11 is 0. The molecule has 13 aromatic rings. The summed E-state index contributed by atoms with van der Waals surface area (Å²) in [5.41, 5.74) is 11.9. The van der Waals surface area contributed by atoms with Gasteiger partial charge in [0, 0.05) is 108 Å². The number of anilines is 3. The van der Waals surface area contributed by atoms with Crippen molar-refractivity contribution in [3.63, 3.8) is 0 Å². The fourth-order valence-electron chi connectivity index (χ4n) is 10.2. The van der Waals surface area contributed by atoms with Crippen molar-refractivity contribution in [3.05, 3.63) is 194 Å². The van der Waals surface area contributed by atoms with Crippen molar-refractivity contribution in [2.24, 2.45) is 0 Å².